The molecule has 0 aliphatic carbocycles. The van der Waals surface area contributed by atoms with Crippen LogP contribution in [0.15, 0.2) is 36.4 Å². The molecule has 0 unspecified atom stereocenters. The van der Waals surface area contributed by atoms with Crippen molar-refractivity contribution in [1.29, 1.82) is 0 Å². The van der Waals surface area contributed by atoms with E-state index in [1.54, 1.807) is 26.4 Å². The molecule has 1 saturated heterocycles. The molecule has 1 fully saturated rings. The average Bonchev–Trinajstić information content (AvgIpc) is 2.69. The number of piperidine rings is 1. The van der Waals surface area contributed by atoms with Crippen molar-refractivity contribution in [2.45, 2.75) is 24.3 Å². The van der Waals surface area contributed by atoms with Crippen molar-refractivity contribution in [3.05, 3.63) is 57.6 Å². The van der Waals surface area contributed by atoms with E-state index in [4.69, 9.17) is 21.1 Å². The maximum atomic E-state index is 11.0. The normalized spacial score (nSPS) is 23.5. The topological polar surface area (TPSA) is 64.8 Å². The first-order valence-corrected chi connectivity index (χ1v) is 9.35. The van der Waals surface area contributed by atoms with Gasteiger partial charge in [0.25, 0.3) is 5.69 Å². The summed E-state index contributed by atoms with van der Waals surface area (Å²) >= 11 is 6.72. The quantitative estimate of drug-likeness (QED) is 0.442. The Bertz CT molecular complexity index is 871. The van der Waals surface area contributed by atoms with Crippen LogP contribution in [-0.4, -0.2) is 31.1 Å². The van der Waals surface area contributed by atoms with Crippen molar-refractivity contribution in [1.82, 2.24) is 0 Å². The Kier molecular flexibility index (Phi) is 4.60. The molecule has 2 aromatic carbocycles. The van der Waals surface area contributed by atoms with E-state index >= 15 is 0 Å². The SMILES string of the molecule is COc1cc2c(cc1OC)N1C[C@@H](C2)[C@H](Cl)C[C@H]1c1ccc([N+](=O)[O-])cc1. The summed E-state index contributed by atoms with van der Waals surface area (Å²) in [6, 6.07) is 10.9. The Balaban J connectivity index is 1.76. The molecule has 2 bridgehead atoms. The summed E-state index contributed by atoms with van der Waals surface area (Å²) in [6.07, 6.45) is 1.71. The van der Waals surface area contributed by atoms with Crippen LogP contribution in [0.3, 0.4) is 0 Å². The summed E-state index contributed by atoms with van der Waals surface area (Å²) in [6.45, 7) is 0.859. The van der Waals surface area contributed by atoms with Gasteiger partial charge in [-0.05, 0) is 36.0 Å². The summed E-state index contributed by atoms with van der Waals surface area (Å²) in [5.41, 5.74) is 3.45. The monoisotopic (exact) mass is 388 g/mol. The highest BCUT2D eigenvalue weighted by Crippen LogP contribution is 2.48. The molecular formula is C20H21ClN2O4. The number of nitro benzene ring substituents is 1. The van der Waals surface area contributed by atoms with E-state index in [9.17, 15) is 10.1 Å². The molecule has 0 saturated carbocycles. The van der Waals surface area contributed by atoms with Crippen LogP contribution in [0.5, 0.6) is 11.5 Å². The molecule has 27 heavy (non-hydrogen) atoms. The highest BCUT2D eigenvalue weighted by molar-refractivity contribution is 6.21. The smallest absolute Gasteiger partial charge is 0.269 e. The number of rotatable bonds is 4. The fourth-order valence-corrected chi connectivity index (χ4v) is 4.58. The zero-order chi connectivity index (χ0) is 19.1. The molecule has 2 aliphatic rings. The highest BCUT2D eigenvalue weighted by atomic mass is 35.5. The second-order valence-electron chi connectivity index (χ2n) is 7.07. The van der Waals surface area contributed by atoms with Crippen molar-refractivity contribution < 1.29 is 14.4 Å². The third kappa shape index (κ3) is 3.08. The Labute approximate surface area is 162 Å². The number of hydrogen-bond acceptors (Lipinski definition) is 5. The Morgan fingerprint density at radius 1 is 1.15 bits per heavy atom. The van der Waals surface area contributed by atoms with Gasteiger partial charge in [-0.25, -0.2) is 0 Å². The fraction of sp³-hybridized carbons (Fsp3) is 0.400. The summed E-state index contributed by atoms with van der Waals surface area (Å²) < 4.78 is 10.9. The zero-order valence-corrected chi connectivity index (χ0v) is 16.0. The third-order valence-corrected chi connectivity index (χ3v) is 6.17. The van der Waals surface area contributed by atoms with Crippen molar-refractivity contribution >= 4 is 23.0 Å². The van der Waals surface area contributed by atoms with Gasteiger partial charge in [-0.2, -0.15) is 0 Å². The maximum absolute atomic E-state index is 11.0. The van der Waals surface area contributed by atoms with Crippen molar-refractivity contribution in [3.63, 3.8) is 0 Å². The van der Waals surface area contributed by atoms with E-state index in [2.05, 4.69) is 4.90 Å². The van der Waals surface area contributed by atoms with Crippen LogP contribution in [0.2, 0.25) is 0 Å². The minimum atomic E-state index is -0.377. The van der Waals surface area contributed by atoms with Crippen LogP contribution in [0.25, 0.3) is 0 Å². The zero-order valence-electron chi connectivity index (χ0n) is 15.2. The average molecular weight is 389 g/mol. The Hall–Kier alpha value is -2.47. The van der Waals surface area contributed by atoms with E-state index in [0.717, 1.165) is 36.4 Å². The molecule has 2 heterocycles. The van der Waals surface area contributed by atoms with Crippen LogP contribution in [-0.2, 0) is 6.42 Å². The summed E-state index contributed by atoms with van der Waals surface area (Å²) in [7, 11) is 3.27. The fourth-order valence-electron chi connectivity index (χ4n) is 4.24. The maximum Gasteiger partial charge on any atom is 0.269 e. The largest absolute Gasteiger partial charge is 0.493 e. The van der Waals surface area contributed by atoms with Gasteiger partial charge in [0.15, 0.2) is 11.5 Å². The van der Waals surface area contributed by atoms with Crippen LogP contribution in [0, 0.1) is 16.0 Å². The standard InChI is InChI=1S/C20H21ClN2O4/c1-26-19-8-13-7-14-11-22(18(13)10-20(19)27-2)17(9-16(14)21)12-3-5-15(6-4-12)23(24)25/h3-6,8,10,14,16-17H,7,9,11H2,1-2H3/t14-,16-,17+/m1/s1. The van der Waals surface area contributed by atoms with Crippen molar-refractivity contribution in [2.75, 3.05) is 25.7 Å². The first-order chi connectivity index (χ1) is 13.0. The van der Waals surface area contributed by atoms with Crippen molar-refractivity contribution in [3.8, 4) is 11.5 Å². The molecule has 2 aromatic rings. The lowest BCUT2D eigenvalue weighted by atomic mass is 9.80. The number of fused-ring (bicyclic) bond motifs is 4. The van der Waals surface area contributed by atoms with Gasteiger partial charge in [-0.15, -0.1) is 11.6 Å². The molecule has 0 spiro atoms. The molecule has 3 atom stereocenters. The number of alkyl halides is 1. The summed E-state index contributed by atoms with van der Waals surface area (Å²) in [5, 5.41) is 11.0. The van der Waals surface area contributed by atoms with Gasteiger partial charge < -0.3 is 14.4 Å². The van der Waals surface area contributed by atoms with E-state index in [1.165, 1.54) is 5.56 Å². The van der Waals surface area contributed by atoms with Crippen LogP contribution in [0.1, 0.15) is 23.6 Å². The number of non-ortho nitro benzene ring substituents is 1. The predicted molar refractivity (Wildman–Crippen MR) is 104 cm³/mol. The number of nitro groups is 1. The van der Waals surface area contributed by atoms with Gasteiger partial charge in [-0.3, -0.25) is 10.1 Å². The first-order valence-electron chi connectivity index (χ1n) is 8.91. The minimum absolute atomic E-state index is 0.0580. The van der Waals surface area contributed by atoms with Gasteiger partial charge in [0, 0.05) is 35.8 Å². The van der Waals surface area contributed by atoms with Crippen LogP contribution < -0.4 is 14.4 Å². The lowest BCUT2D eigenvalue weighted by Gasteiger charge is -2.48. The number of anilines is 1. The van der Waals surface area contributed by atoms with Gasteiger partial charge in [0.1, 0.15) is 0 Å². The molecule has 0 aromatic heterocycles. The summed E-state index contributed by atoms with van der Waals surface area (Å²) in [5.74, 6) is 1.78. The molecule has 4 rings (SSSR count). The number of hydrogen-bond donors (Lipinski definition) is 0. The lowest BCUT2D eigenvalue weighted by molar-refractivity contribution is -0.384. The van der Waals surface area contributed by atoms with Crippen LogP contribution >= 0.6 is 11.6 Å². The molecule has 142 valence electrons. The molecular weight excluding hydrogens is 368 g/mol. The molecule has 0 radical (unpaired) electrons. The number of ether oxygens (including phenoxy) is 2. The highest BCUT2D eigenvalue weighted by Gasteiger charge is 2.40. The Morgan fingerprint density at radius 2 is 1.81 bits per heavy atom. The van der Waals surface area contributed by atoms with E-state index in [0.29, 0.717) is 11.7 Å². The van der Waals surface area contributed by atoms with Gasteiger partial charge in [0.05, 0.1) is 25.2 Å². The molecule has 7 heteroatoms. The van der Waals surface area contributed by atoms with Crippen LogP contribution in [0.4, 0.5) is 11.4 Å². The number of nitrogens with zero attached hydrogens (tertiary/aromatic N) is 2. The van der Waals surface area contributed by atoms with Gasteiger partial charge >= 0.3 is 0 Å². The third-order valence-electron chi connectivity index (χ3n) is 5.63. The molecule has 0 amide bonds. The minimum Gasteiger partial charge on any atom is -0.493 e. The first kappa shape index (κ1) is 17.9. The summed E-state index contributed by atoms with van der Waals surface area (Å²) in [4.78, 5) is 12.9. The number of benzene rings is 2. The molecule has 2 aliphatic heterocycles. The van der Waals surface area contributed by atoms with E-state index < -0.39 is 0 Å². The second kappa shape index (κ2) is 6.93. The van der Waals surface area contributed by atoms with Crippen molar-refractivity contribution in [2.24, 2.45) is 5.92 Å². The lowest BCUT2D eigenvalue weighted by Crippen LogP contribution is -2.47. The number of halogens is 1. The molecule has 0 N–H and O–H groups in total. The second-order valence-corrected chi connectivity index (χ2v) is 7.63. The van der Waals surface area contributed by atoms with E-state index in [1.807, 2.05) is 24.3 Å². The van der Waals surface area contributed by atoms with E-state index in [-0.39, 0.29) is 22.0 Å². The van der Waals surface area contributed by atoms with Gasteiger partial charge in [-0.1, -0.05) is 12.1 Å². The number of methoxy groups -OCH3 is 2. The molecule has 6 nitrogen and oxygen atoms in total. The predicted octanol–water partition coefficient (Wildman–Crippen LogP) is 4.34. The van der Waals surface area contributed by atoms with Gasteiger partial charge in [0.2, 0.25) is 0 Å². The Morgan fingerprint density at radius 3 is 2.44 bits per heavy atom.